The zero-order chi connectivity index (χ0) is 20.8. The number of carbonyl (C=O) groups is 2. The van der Waals surface area contributed by atoms with Gasteiger partial charge in [-0.05, 0) is 62.9 Å². The summed E-state index contributed by atoms with van der Waals surface area (Å²) in [4.78, 5) is 29.3. The Kier molecular flexibility index (Phi) is 6.84. The zero-order valence-corrected chi connectivity index (χ0v) is 17.5. The summed E-state index contributed by atoms with van der Waals surface area (Å²) in [5.41, 5.74) is 1.25. The molecule has 1 aromatic carbocycles. The van der Waals surface area contributed by atoms with Crippen LogP contribution in [0.2, 0.25) is 0 Å². The molecule has 4 rings (SSSR count). The lowest BCUT2D eigenvalue weighted by molar-refractivity contribution is -0.126. The Hall–Kier alpha value is -2.60. The molecule has 30 heavy (non-hydrogen) atoms. The standard InChI is InChI=1S/C24H31N3O3/c28-23(25-13-8-19-5-2-1-3-6-19)20-9-14-26(15-10-20)21-11-16-27(17-12-21)24(29)22-7-4-18-30-22/h1-7,18,20-21H,8-17H2,(H,25,28). The smallest absolute Gasteiger partial charge is 0.289 e. The van der Waals surface area contributed by atoms with Crippen molar-refractivity contribution in [3.63, 3.8) is 0 Å². The van der Waals surface area contributed by atoms with Crippen molar-refractivity contribution in [2.45, 2.75) is 38.1 Å². The number of likely N-dealkylation sites (tertiary alicyclic amines) is 2. The van der Waals surface area contributed by atoms with Crippen LogP contribution >= 0.6 is 0 Å². The molecule has 0 unspecified atom stereocenters. The first-order valence-corrected chi connectivity index (χ1v) is 11.1. The number of carbonyl (C=O) groups excluding carboxylic acids is 2. The van der Waals surface area contributed by atoms with Crippen LogP contribution in [0.1, 0.15) is 41.8 Å². The van der Waals surface area contributed by atoms with Crippen molar-refractivity contribution in [3.05, 3.63) is 60.1 Å². The minimum atomic E-state index is -0.00988. The van der Waals surface area contributed by atoms with Crippen molar-refractivity contribution >= 4 is 11.8 Å². The first kappa shape index (κ1) is 20.7. The molecular weight excluding hydrogens is 378 g/mol. The number of benzene rings is 1. The van der Waals surface area contributed by atoms with E-state index in [1.54, 1.807) is 18.4 Å². The Morgan fingerprint density at radius 1 is 0.933 bits per heavy atom. The average Bonchev–Trinajstić information content (AvgIpc) is 3.34. The molecule has 0 atom stereocenters. The molecule has 0 aliphatic carbocycles. The average molecular weight is 410 g/mol. The number of amides is 2. The molecule has 1 N–H and O–H groups in total. The van der Waals surface area contributed by atoms with E-state index in [1.165, 1.54) is 5.56 Å². The molecule has 2 aliphatic heterocycles. The van der Waals surface area contributed by atoms with Crippen molar-refractivity contribution < 1.29 is 14.0 Å². The van der Waals surface area contributed by atoms with Gasteiger partial charge in [0, 0.05) is 31.6 Å². The van der Waals surface area contributed by atoms with Crippen molar-refractivity contribution in [1.82, 2.24) is 15.1 Å². The van der Waals surface area contributed by atoms with Gasteiger partial charge >= 0.3 is 0 Å². The van der Waals surface area contributed by atoms with Gasteiger partial charge in [-0.15, -0.1) is 0 Å². The molecule has 2 fully saturated rings. The third-order valence-corrected chi connectivity index (χ3v) is 6.46. The summed E-state index contributed by atoms with van der Waals surface area (Å²) in [5.74, 6) is 0.735. The third kappa shape index (κ3) is 5.11. The highest BCUT2D eigenvalue weighted by atomic mass is 16.3. The number of nitrogens with zero attached hydrogens (tertiary/aromatic N) is 2. The molecule has 1 aromatic heterocycles. The molecule has 2 amide bonds. The molecule has 0 saturated carbocycles. The number of piperidine rings is 2. The Morgan fingerprint density at radius 3 is 2.33 bits per heavy atom. The summed E-state index contributed by atoms with van der Waals surface area (Å²) in [5, 5.41) is 3.12. The van der Waals surface area contributed by atoms with Crippen LogP contribution in [0.15, 0.2) is 53.1 Å². The zero-order valence-electron chi connectivity index (χ0n) is 17.5. The van der Waals surface area contributed by atoms with E-state index in [0.717, 1.165) is 58.3 Å². The second-order valence-electron chi connectivity index (χ2n) is 8.34. The molecule has 160 valence electrons. The minimum Gasteiger partial charge on any atom is -0.459 e. The maximum Gasteiger partial charge on any atom is 0.289 e. The molecule has 2 aromatic rings. The number of nitrogens with one attached hydrogen (secondary N) is 1. The van der Waals surface area contributed by atoms with Gasteiger partial charge in [0.2, 0.25) is 5.91 Å². The number of hydrogen-bond acceptors (Lipinski definition) is 4. The number of rotatable bonds is 6. The fourth-order valence-electron chi connectivity index (χ4n) is 4.64. The van der Waals surface area contributed by atoms with Crippen LogP contribution in [0.5, 0.6) is 0 Å². The van der Waals surface area contributed by atoms with Crippen LogP contribution in [0.4, 0.5) is 0 Å². The van der Waals surface area contributed by atoms with Crippen molar-refractivity contribution in [1.29, 1.82) is 0 Å². The summed E-state index contributed by atoms with van der Waals surface area (Å²) in [7, 11) is 0. The van der Waals surface area contributed by atoms with E-state index < -0.39 is 0 Å². The predicted octanol–water partition coefficient (Wildman–Crippen LogP) is 2.96. The monoisotopic (exact) mass is 409 g/mol. The Labute approximate surface area is 178 Å². The Morgan fingerprint density at radius 2 is 1.67 bits per heavy atom. The molecule has 0 radical (unpaired) electrons. The van der Waals surface area contributed by atoms with Gasteiger partial charge in [-0.1, -0.05) is 30.3 Å². The van der Waals surface area contributed by atoms with E-state index in [0.29, 0.717) is 18.3 Å². The first-order chi connectivity index (χ1) is 14.7. The fraction of sp³-hybridized carbons (Fsp3) is 0.500. The largest absolute Gasteiger partial charge is 0.459 e. The van der Waals surface area contributed by atoms with E-state index in [1.807, 2.05) is 23.1 Å². The van der Waals surface area contributed by atoms with Gasteiger partial charge < -0.3 is 19.5 Å². The summed E-state index contributed by atoms with van der Waals surface area (Å²) in [6, 6.07) is 14.3. The van der Waals surface area contributed by atoms with E-state index in [9.17, 15) is 9.59 Å². The molecule has 6 heteroatoms. The Balaban J connectivity index is 1.16. The maximum atomic E-state index is 12.5. The molecular formula is C24H31N3O3. The molecule has 3 heterocycles. The second kappa shape index (κ2) is 9.94. The van der Waals surface area contributed by atoms with Gasteiger partial charge in [0.05, 0.1) is 6.26 Å². The van der Waals surface area contributed by atoms with Gasteiger partial charge in [-0.2, -0.15) is 0 Å². The van der Waals surface area contributed by atoms with Crippen LogP contribution in [0.3, 0.4) is 0 Å². The second-order valence-corrected chi connectivity index (χ2v) is 8.34. The van der Waals surface area contributed by atoms with Gasteiger partial charge in [0.1, 0.15) is 0 Å². The van der Waals surface area contributed by atoms with Gasteiger partial charge in [-0.3, -0.25) is 9.59 Å². The third-order valence-electron chi connectivity index (χ3n) is 6.46. The summed E-state index contributed by atoms with van der Waals surface area (Å²) in [6.07, 6.45) is 6.23. The molecule has 2 saturated heterocycles. The molecule has 0 bridgehead atoms. The topological polar surface area (TPSA) is 65.8 Å². The summed E-state index contributed by atoms with van der Waals surface area (Å²) in [6.45, 7) is 4.17. The molecule has 6 nitrogen and oxygen atoms in total. The normalized spacial score (nSPS) is 19.0. The minimum absolute atomic E-state index is 0.00988. The van der Waals surface area contributed by atoms with E-state index >= 15 is 0 Å². The van der Waals surface area contributed by atoms with Gasteiger partial charge in [-0.25, -0.2) is 0 Å². The van der Waals surface area contributed by atoms with E-state index in [-0.39, 0.29) is 17.7 Å². The highest BCUT2D eigenvalue weighted by molar-refractivity contribution is 5.91. The van der Waals surface area contributed by atoms with Gasteiger partial charge in [0.25, 0.3) is 5.91 Å². The predicted molar refractivity (Wildman–Crippen MR) is 115 cm³/mol. The van der Waals surface area contributed by atoms with Crippen LogP contribution in [0.25, 0.3) is 0 Å². The van der Waals surface area contributed by atoms with E-state index in [4.69, 9.17) is 4.42 Å². The van der Waals surface area contributed by atoms with Crippen molar-refractivity contribution in [2.24, 2.45) is 5.92 Å². The van der Waals surface area contributed by atoms with Crippen LogP contribution < -0.4 is 5.32 Å². The first-order valence-electron chi connectivity index (χ1n) is 11.1. The lowest BCUT2D eigenvalue weighted by Gasteiger charge is -2.41. The SMILES string of the molecule is O=C(NCCc1ccccc1)C1CCN(C2CCN(C(=O)c3ccco3)CC2)CC1. The van der Waals surface area contributed by atoms with Crippen molar-refractivity contribution in [3.8, 4) is 0 Å². The van der Waals surface area contributed by atoms with Gasteiger partial charge in [0.15, 0.2) is 5.76 Å². The highest BCUT2D eigenvalue weighted by Crippen LogP contribution is 2.25. The maximum absolute atomic E-state index is 12.5. The highest BCUT2D eigenvalue weighted by Gasteiger charge is 2.32. The molecule has 0 spiro atoms. The van der Waals surface area contributed by atoms with Crippen LogP contribution in [-0.4, -0.2) is 60.4 Å². The Bertz CT molecular complexity index is 805. The van der Waals surface area contributed by atoms with Crippen LogP contribution in [-0.2, 0) is 11.2 Å². The lowest BCUT2D eigenvalue weighted by atomic mass is 9.92. The quantitative estimate of drug-likeness (QED) is 0.797. The fourth-order valence-corrected chi connectivity index (χ4v) is 4.64. The van der Waals surface area contributed by atoms with Crippen LogP contribution in [0, 0.1) is 5.92 Å². The molecule has 2 aliphatic rings. The van der Waals surface area contributed by atoms with Crippen molar-refractivity contribution in [2.75, 3.05) is 32.7 Å². The number of hydrogen-bond donors (Lipinski definition) is 1. The summed E-state index contributed by atoms with van der Waals surface area (Å²) < 4.78 is 5.24. The lowest BCUT2D eigenvalue weighted by Crippen LogP contribution is -2.50. The number of furan rings is 1. The summed E-state index contributed by atoms with van der Waals surface area (Å²) >= 11 is 0. The van der Waals surface area contributed by atoms with E-state index in [2.05, 4.69) is 22.3 Å².